The van der Waals surface area contributed by atoms with Crippen LogP contribution >= 0.6 is 15.9 Å². The van der Waals surface area contributed by atoms with E-state index < -0.39 is 18.3 Å². The SMILES string of the molecule is O=C(CNc1cnn(CC(F)(F)F)c(=O)c1Br)NC1CC1. The van der Waals surface area contributed by atoms with E-state index in [0.29, 0.717) is 4.68 Å². The molecule has 0 saturated heterocycles. The first-order valence-electron chi connectivity index (χ1n) is 6.12. The average Bonchev–Trinajstić information content (AvgIpc) is 3.16. The molecule has 1 aliphatic carbocycles. The molecule has 1 amide bonds. The third kappa shape index (κ3) is 4.73. The summed E-state index contributed by atoms with van der Waals surface area (Å²) in [5.74, 6) is -0.246. The second-order valence-electron chi connectivity index (χ2n) is 4.65. The van der Waals surface area contributed by atoms with Crippen LogP contribution in [-0.4, -0.2) is 34.5 Å². The van der Waals surface area contributed by atoms with Gasteiger partial charge in [0.15, 0.2) is 0 Å². The van der Waals surface area contributed by atoms with Gasteiger partial charge in [0, 0.05) is 6.04 Å². The zero-order valence-corrected chi connectivity index (χ0v) is 12.3. The Labute approximate surface area is 125 Å². The van der Waals surface area contributed by atoms with Gasteiger partial charge in [-0.15, -0.1) is 0 Å². The van der Waals surface area contributed by atoms with Crippen molar-refractivity contribution in [3.63, 3.8) is 0 Å². The van der Waals surface area contributed by atoms with E-state index in [-0.39, 0.29) is 28.7 Å². The fraction of sp³-hybridized carbons (Fsp3) is 0.545. The maximum Gasteiger partial charge on any atom is 0.408 e. The summed E-state index contributed by atoms with van der Waals surface area (Å²) in [5, 5.41) is 8.83. The van der Waals surface area contributed by atoms with E-state index in [9.17, 15) is 22.8 Å². The molecular weight excluding hydrogens is 357 g/mol. The van der Waals surface area contributed by atoms with Crippen molar-refractivity contribution < 1.29 is 18.0 Å². The summed E-state index contributed by atoms with van der Waals surface area (Å²) in [6.07, 6.45) is -1.56. The van der Waals surface area contributed by atoms with Gasteiger partial charge in [-0.3, -0.25) is 9.59 Å². The Hall–Kier alpha value is -1.58. The predicted molar refractivity (Wildman–Crippen MR) is 71.9 cm³/mol. The van der Waals surface area contributed by atoms with Crippen molar-refractivity contribution in [2.45, 2.75) is 31.6 Å². The van der Waals surface area contributed by atoms with Gasteiger partial charge in [0.2, 0.25) is 5.91 Å². The minimum absolute atomic E-state index is 0.0838. The van der Waals surface area contributed by atoms with Crippen LogP contribution < -0.4 is 16.2 Å². The topological polar surface area (TPSA) is 76.0 Å². The number of nitrogens with zero attached hydrogens (tertiary/aromatic N) is 2. The summed E-state index contributed by atoms with van der Waals surface area (Å²) in [7, 11) is 0. The monoisotopic (exact) mass is 368 g/mol. The Bertz CT molecular complexity index is 598. The van der Waals surface area contributed by atoms with E-state index in [4.69, 9.17) is 0 Å². The fourth-order valence-electron chi connectivity index (χ4n) is 1.55. The van der Waals surface area contributed by atoms with Gasteiger partial charge >= 0.3 is 6.18 Å². The number of halogens is 4. The van der Waals surface area contributed by atoms with Crippen LogP contribution in [0.4, 0.5) is 18.9 Å². The molecule has 21 heavy (non-hydrogen) atoms. The number of rotatable bonds is 5. The summed E-state index contributed by atoms with van der Waals surface area (Å²) in [5.41, 5.74) is -0.746. The molecule has 2 rings (SSSR count). The van der Waals surface area contributed by atoms with Gasteiger partial charge in [-0.25, -0.2) is 4.68 Å². The fourth-order valence-corrected chi connectivity index (χ4v) is 2.00. The highest BCUT2D eigenvalue weighted by molar-refractivity contribution is 9.10. The number of carbonyl (C=O) groups is 1. The van der Waals surface area contributed by atoms with Crippen molar-refractivity contribution in [2.75, 3.05) is 11.9 Å². The molecule has 0 spiro atoms. The number of anilines is 1. The zero-order chi connectivity index (χ0) is 15.6. The summed E-state index contributed by atoms with van der Waals surface area (Å²) in [6, 6.07) is 0.209. The van der Waals surface area contributed by atoms with E-state index in [1.807, 2.05) is 0 Å². The van der Waals surface area contributed by atoms with Crippen LogP contribution in [0.25, 0.3) is 0 Å². The lowest BCUT2D eigenvalue weighted by atomic mass is 10.4. The van der Waals surface area contributed by atoms with Gasteiger partial charge in [0.1, 0.15) is 11.0 Å². The van der Waals surface area contributed by atoms with Crippen molar-refractivity contribution >= 4 is 27.5 Å². The van der Waals surface area contributed by atoms with Crippen LogP contribution in [0, 0.1) is 0 Å². The van der Waals surface area contributed by atoms with Gasteiger partial charge < -0.3 is 10.6 Å². The maximum absolute atomic E-state index is 12.3. The van der Waals surface area contributed by atoms with Gasteiger partial charge in [-0.05, 0) is 28.8 Å². The molecule has 116 valence electrons. The van der Waals surface area contributed by atoms with E-state index in [1.165, 1.54) is 0 Å². The van der Waals surface area contributed by atoms with Crippen LogP contribution in [0.5, 0.6) is 0 Å². The van der Waals surface area contributed by atoms with Gasteiger partial charge in [-0.1, -0.05) is 0 Å². The Balaban J connectivity index is 2.02. The van der Waals surface area contributed by atoms with Crippen molar-refractivity contribution in [2.24, 2.45) is 0 Å². The Morgan fingerprint density at radius 1 is 1.48 bits per heavy atom. The molecule has 0 radical (unpaired) electrons. The van der Waals surface area contributed by atoms with Crippen LogP contribution in [0.15, 0.2) is 15.5 Å². The first-order chi connectivity index (χ1) is 9.76. The minimum Gasteiger partial charge on any atom is -0.374 e. The van der Waals surface area contributed by atoms with Crippen molar-refractivity contribution in [3.8, 4) is 0 Å². The zero-order valence-electron chi connectivity index (χ0n) is 10.7. The second-order valence-corrected chi connectivity index (χ2v) is 5.44. The predicted octanol–water partition coefficient (Wildman–Crippen LogP) is 1.26. The number of carbonyl (C=O) groups excluding carboxylic acids is 1. The molecule has 1 aromatic rings. The lowest BCUT2D eigenvalue weighted by Gasteiger charge is -2.11. The molecule has 2 N–H and O–H groups in total. The minimum atomic E-state index is -4.53. The highest BCUT2D eigenvalue weighted by atomic mass is 79.9. The van der Waals surface area contributed by atoms with E-state index >= 15 is 0 Å². The lowest BCUT2D eigenvalue weighted by molar-refractivity contribution is -0.143. The smallest absolute Gasteiger partial charge is 0.374 e. The largest absolute Gasteiger partial charge is 0.408 e. The van der Waals surface area contributed by atoms with E-state index in [2.05, 4.69) is 31.7 Å². The van der Waals surface area contributed by atoms with Crippen LogP contribution in [-0.2, 0) is 11.3 Å². The van der Waals surface area contributed by atoms with Crippen molar-refractivity contribution in [1.82, 2.24) is 15.1 Å². The van der Waals surface area contributed by atoms with Crippen LogP contribution in [0.2, 0.25) is 0 Å². The Morgan fingerprint density at radius 3 is 2.71 bits per heavy atom. The molecule has 0 unspecified atom stereocenters. The number of alkyl halides is 3. The molecule has 1 heterocycles. The lowest BCUT2D eigenvalue weighted by Crippen LogP contribution is -2.33. The quantitative estimate of drug-likeness (QED) is 0.820. The van der Waals surface area contributed by atoms with Crippen molar-refractivity contribution in [1.29, 1.82) is 0 Å². The van der Waals surface area contributed by atoms with Crippen LogP contribution in [0.1, 0.15) is 12.8 Å². The standard InChI is InChI=1S/C11H12BrF3N4O2/c12-9-7(16-4-8(20)18-6-1-2-6)3-17-19(10(9)21)5-11(13,14)15/h3,6,16H,1-2,4-5H2,(H,18,20). The maximum atomic E-state index is 12.3. The van der Waals surface area contributed by atoms with E-state index in [1.54, 1.807) is 0 Å². The van der Waals surface area contributed by atoms with E-state index in [0.717, 1.165) is 19.0 Å². The summed E-state index contributed by atoms with van der Waals surface area (Å²) < 4.78 is 37.0. The number of hydrogen-bond donors (Lipinski definition) is 2. The molecule has 0 bridgehead atoms. The first-order valence-corrected chi connectivity index (χ1v) is 6.91. The summed E-state index contributed by atoms with van der Waals surface area (Å²) in [4.78, 5) is 23.2. The molecule has 1 fully saturated rings. The van der Waals surface area contributed by atoms with Crippen LogP contribution in [0.3, 0.4) is 0 Å². The number of amides is 1. The first kappa shape index (κ1) is 15.8. The summed E-state index contributed by atoms with van der Waals surface area (Å²) in [6.45, 7) is -1.55. The Morgan fingerprint density at radius 2 is 2.14 bits per heavy atom. The molecule has 1 saturated carbocycles. The molecule has 6 nitrogen and oxygen atoms in total. The highest BCUT2D eigenvalue weighted by Crippen LogP contribution is 2.20. The molecule has 10 heteroatoms. The normalized spacial score (nSPS) is 14.9. The Kier molecular flexibility index (Phi) is 4.55. The van der Waals surface area contributed by atoms with Gasteiger partial charge in [0.05, 0.1) is 18.4 Å². The third-order valence-electron chi connectivity index (χ3n) is 2.70. The molecule has 1 aromatic heterocycles. The molecule has 0 aliphatic heterocycles. The third-order valence-corrected chi connectivity index (χ3v) is 3.46. The average molecular weight is 369 g/mol. The summed E-state index contributed by atoms with van der Waals surface area (Å²) >= 11 is 2.92. The molecule has 0 aromatic carbocycles. The second kappa shape index (κ2) is 6.04. The highest BCUT2D eigenvalue weighted by Gasteiger charge is 2.29. The number of hydrogen-bond acceptors (Lipinski definition) is 4. The molecule has 1 aliphatic rings. The molecular formula is C11H12BrF3N4O2. The van der Waals surface area contributed by atoms with Crippen molar-refractivity contribution in [3.05, 3.63) is 21.0 Å². The molecule has 0 atom stereocenters. The van der Waals surface area contributed by atoms with Gasteiger partial charge in [0.25, 0.3) is 5.56 Å². The number of nitrogens with one attached hydrogen (secondary N) is 2. The van der Waals surface area contributed by atoms with Gasteiger partial charge in [-0.2, -0.15) is 18.3 Å². The number of aromatic nitrogens is 2.